The van der Waals surface area contributed by atoms with Crippen LogP contribution in [0, 0.1) is 51.8 Å². The Hall–Kier alpha value is -0.560. The fourth-order valence-corrected chi connectivity index (χ4v) is 8.91. The molecule has 3 fully saturated rings. The van der Waals surface area contributed by atoms with Crippen molar-refractivity contribution >= 4 is 0 Å². The zero-order valence-electron chi connectivity index (χ0n) is 20.9. The van der Waals surface area contributed by atoms with Crippen molar-refractivity contribution in [3.05, 3.63) is 23.8 Å². The molecule has 0 amide bonds. The van der Waals surface area contributed by atoms with Crippen molar-refractivity contribution in [2.75, 3.05) is 0 Å². The van der Waals surface area contributed by atoms with E-state index in [-0.39, 0.29) is 6.10 Å². The zero-order chi connectivity index (χ0) is 21.9. The molecule has 0 spiro atoms. The molecule has 170 valence electrons. The van der Waals surface area contributed by atoms with Gasteiger partial charge in [-0.1, -0.05) is 72.3 Å². The second kappa shape index (κ2) is 7.79. The predicted molar refractivity (Wildman–Crippen MR) is 128 cm³/mol. The van der Waals surface area contributed by atoms with Crippen molar-refractivity contribution in [3.63, 3.8) is 0 Å². The van der Waals surface area contributed by atoms with E-state index in [4.69, 9.17) is 0 Å². The molecule has 4 aliphatic carbocycles. The van der Waals surface area contributed by atoms with Crippen LogP contribution in [-0.2, 0) is 0 Å². The van der Waals surface area contributed by atoms with Crippen molar-refractivity contribution in [2.45, 2.75) is 106 Å². The van der Waals surface area contributed by atoms with Crippen LogP contribution in [-0.4, -0.2) is 11.2 Å². The maximum Gasteiger partial charge on any atom is 0.0577 e. The van der Waals surface area contributed by atoms with Crippen molar-refractivity contribution in [3.8, 4) is 0 Å². The van der Waals surface area contributed by atoms with Crippen molar-refractivity contribution in [1.82, 2.24) is 0 Å². The number of hydrogen-bond donors (Lipinski definition) is 1. The van der Waals surface area contributed by atoms with Gasteiger partial charge in [0.2, 0.25) is 0 Å². The number of fused-ring (bicyclic) bond motifs is 5. The summed E-state index contributed by atoms with van der Waals surface area (Å²) in [4.78, 5) is 0. The highest BCUT2D eigenvalue weighted by molar-refractivity contribution is 5.28. The lowest BCUT2D eigenvalue weighted by Gasteiger charge is -2.63. The molecule has 0 aromatic heterocycles. The molecule has 30 heavy (non-hydrogen) atoms. The molecule has 1 N–H and O–H groups in total. The molecule has 0 unspecified atom stereocenters. The second-order valence-electron chi connectivity index (χ2n) is 12.9. The summed E-state index contributed by atoms with van der Waals surface area (Å²) < 4.78 is 0. The molecular formula is C29H48O. The molecule has 1 nitrogen and oxygen atoms in total. The van der Waals surface area contributed by atoms with Gasteiger partial charge in [0.25, 0.3) is 0 Å². The van der Waals surface area contributed by atoms with Crippen LogP contribution < -0.4 is 0 Å². The molecular weight excluding hydrogens is 364 g/mol. The minimum absolute atomic E-state index is 0.0979. The summed E-state index contributed by atoms with van der Waals surface area (Å²) in [6.07, 6.45) is 17.6. The normalized spacial score (nSPS) is 48.1. The second-order valence-corrected chi connectivity index (χ2v) is 12.9. The van der Waals surface area contributed by atoms with Crippen molar-refractivity contribution in [2.24, 2.45) is 51.8 Å². The maximum absolute atomic E-state index is 10.3. The summed E-state index contributed by atoms with van der Waals surface area (Å²) in [5, 5.41) is 10.3. The van der Waals surface area contributed by atoms with Gasteiger partial charge in [0, 0.05) is 0 Å². The Bertz CT molecular complexity index is 703. The lowest BCUT2D eigenvalue weighted by molar-refractivity contribution is -0.112. The molecule has 4 aliphatic rings. The summed E-state index contributed by atoms with van der Waals surface area (Å²) in [5.41, 5.74) is 2.87. The van der Waals surface area contributed by atoms with E-state index in [1.807, 2.05) is 0 Å². The van der Waals surface area contributed by atoms with Crippen LogP contribution in [0.25, 0.3) is 0 Å². The van der Waals surface area contributed by atoms with Crippen LogP contribution in [0.4, 0.5) is 0 Å². The van der Waals surface area contributed by atoms with E-state index in [9.17, 15) is 5.11 Å². The molecule has 0 radical (unpaired) electrons. The average molecular weight is 413 g/mol. The monoisotopic (exact) mass is 412 g/mol. The van der Waals surface area contributed by atoms with Crippen LogP contribution in [0.5, 0.6) is 0 Å². The first-order valence-electron chi connectivity index (χ1n) is 13.1. The number of aliphatic hydroxyl groups excluding tert-OH is 1. The quantitative estimate of drug-likeness (QED) is 0.467. The van der Waals surface area contributed by atoms with Crippen LogP contribution in [0.1, 0.15) is 99.8 Å². The highest BCUT2D eigenvalue weighted by Gasteiger charge is 2.63. The van der Waals surface area contributed by atoms with Crippen LogP contribution >= 0.6 is 0 Å². The smallest absolute Gasteiger partial charge is 0.0577 e. The van der Waals surface area contributed by atoms with Crippen LogP contribution in [0.3, 0.4) is 0 Å². The highest BCUT2D eigenvalue weighted by Crippen LogP contribution is 2.71. The molecule has 4 rings (SSSR count). The van der Waals surface area contributed by atoms with Gasteiger partial charge in [-0.15, -0.1) is 0 Å². The first-order chi connectivity index (χ1) is 14.0. The van der Waals surface area contributed by atoms with E-state index >= 15 is 0 Å². The fraction of sp³-hybridized carbons (Fsp3) is 0.862. The Balaban J connectivity index is 1.59. The van der Waals surface area contributed by atoms with Gasteiger partial charge in [-0.05, 0) is 103 Å². The van der Waals surface area contributed by atoms with Gasteiger partial charge in [-0.3, -0.25) is 0 Å². The summed E-state index contributed by atoms with van der Waals surface area (Å²) >= 11 is 0. The van der Waals surface area contributed by atoms with Crippen LogP contribution in [0.15, 0.2) is 23.8 Å². The van der Waals surface area contributed by atoms with E-state index in [0.29, 0.717) is 28.1 Å². The van der Waals surface area contributed by atoms with Crippen molar-refractivity contribution in [1.29, 1.82) is 0 Å². The zero-order valence-corrected chi connectivity index (χ0v) is 20.9. The lowest BCUT2D eigenvalue weighted by Crippen LogP contribution is -2.56. The average Bonchev–Trinajstić information content (AvgIpc) is 3.05. The van der Waals surface area contributed by atoms with Crippen LogP contribution in [0.2, 0.25) is 0 Å². The van der Waals surface area contributed by atoms with Gasteiger partial charge < -0.3 is 5.11 Å². The molecule has 0 aliphatic heterocycles. The Labute approximate surface area is 186 Å². The third kappa shape index (κ3) is 3.37. The molecule has 3 saturated carbocycles. The summed E-state index contributed by atoms with van der Waals surface area (Å²) in [5.74, 6) is 4.59. The molecule has 9 atom stereocenters. The molecule has 0 heterocycles. The maximum atomic E-state index is 10.3. The van der Waals surface area contributed by atoms with E-state index in [1.54, 1.807) is 5.57 Å². The first-order valence-corrected chi connectivity index (χ1v) is 13.1. The predicted octanol–water partition coefficient (Wildman–Crippen LogP) is 7.80. The third-order valence-corrected chi connectivity index (χ3v) is 11.1. The molecule has 0 saturated heterocycles. The van der Waals surface area contributed by atoms with Gasteiger partial charge in [-0.25, -0.2) is 0 Å². The summed E-state index contributed by atoms with van der Waals surface area (Å²) in [6.45, 7) is 17.4. The number of aliphatic hydroxyl groups is 1. The van der Waals surface area contributed by atoms with Gasteiger partial charge in [-0.2, -0.15) is 0 Å². The van der Waals surface area contributed by atoms with Gasteiger partial charge in [0.15, 0.2) is 0 Å². The number of hydrogen-bond acceptors (Lipinski definition) is 1. The van der Waals surface area contributed by atoms with Crippen molar-refractivity contribution < 1.29 is 5.11 Å². The number of allylic oxidation sites excluding steroid dienone is 3. The summed E-state index contributed by atoms with van der Waals surface area (Å²) in [7, 11) is 0. The minimum Gasteiger partial charge on any atom is -0.393 e. The van der Waals surface area contributed by atoms with Gasteiger partial charge >= 0.3 is 0 Å². The summed E-state index contributed by atoms with van der Waals surface area (Å²) in [6, 6.07) is 0. The Kier molecular flexibility index (Phi) is 5.87. The van der Waals surface area contributed by atoms with E-state index < -0.39 is 0 Å². The first kappa shape index (κ1) is 22.6. The minimum atomic E-state index is -0.0979. The van der Waals surface area contributed by atoms with Gasteiger partial charge in [0.05, 0.1) is 6.10 Å². The Morgan fingerprint density at radius 2 is 1.63 bits per heavy atom. The van der Waals surface area contributed by atoms with Gasteiger partial charge in [0.1, 0.15) is 0 Å². The van der Waals surface area contributed by atoms with E-state index in [0.717, 1.165) is 36.5 Å². The third-order valence-electron chi connectivity index (χ3n) is 11.1. The standard InChI is InChI=1S/C29H48O/c1-19(2)20(3)8-9-21(4)24-10-11-25-28(24,6)17-14-26-27(5)16-13-23(30)18-22(27)12-15-29(25,26)7/h8-9,12,19-21,23-26,30H,10-11,13-18H2,1-7H3/b9-8+/t20-,21+,23-,24+,25+,26+,27-,28+,29-/m0/s1. The van der Waals surface area contributed by atoms with E-state index in [2.05, 4.69) is 66.7 Å². The SMILES string of the molecule is CC(C)[C@@H](C)/C=C/[C@@H](C)[C@H]1CC[C@@H]2[C@]1(C)CC[C@H]1[C@@]2(C)CC=C2C[C@@H](O)CC[C@@]21C. The largest absolute Gasteiger partial charge is 0.393 e. The molecule has 0 bridgehead atoms. The molecule has 0 aromatic rings. The Morgan fingerprint density at radius 3 is 2.33 bits per heavy atom. The molecule has 1 heteroatoms. The fourth-order valence-electron chi connectivity index (χ4n) is 8.91. The molecule has 0 aromatic carbocycles. The lowest BCUT2D eigenvalue weighted by atomic mass is 9.41. The highest BCUT2D eigenvalue weighted by atomic mass is 16.3. The number of rotatable bonds is 4. The Morgan fingerprint density at radius 1 is 0.900 bits per heavy atom. The van der Waals surface area contributed by atoms with E-state index in [1.165, 1.54) is 38.5 Å². The topological polar surface area (TPSA) is 20.2 Å².